The number of halogens is 1. The molecule has 2 N–H and O–H groups in total. The number of H-pyrrole nitrogens is 1. The zero-order valence-electron chi connectivity index (χ0n) is 16.3. The lowest BCUT2D eigenvalue weighted by atomic mass is 10.0. The van der Waals surface area contributed by atoms with E-state index >= 15 is 0 Å². The molecule has 9 nitrogen and oxygen atoms in total. The van der Waals surface area contributed by atoms with E-state index < -0.39 is 6.09 Å². The van der Waals surface area contributed by atoms with E-state index in [0.717, 1.165) is 27.5 Å². The molecule has 5 rings (SSSR count). The second-order valence-electron chi connectivity index (χ2n) is 6.75. The molecule has 1 aliphatic rings. The Morgan fingerprint density at radius 3 is 2.84 bits per heavy atom. The van der Waals surface area contributed by atoms with Crippen LogP contribution in [0.5, 0.6) is 0 Å². The van der Waals surface area contributed by atoms with Crippen LogP contribution in [0.25, 0.3) is 11.0 Å². The number of nitrogens with zero attached hydrogens (tertiary/aromatic N) is 5. The number of fused-ring (bicyclic) bond motifs is 2. The SMILES string of the molecule is COC(=O)Nc1nc2ccc(Sc3nnc4n3N=C(c3ccc(F)cc3)CC4)cc2[nH]1. The number of imidazole rings is 1. The highest BCUT2D eigenvalue weighted by Gasteiger charge is 2.20. The molecule has 0 spiro atoms. The first-order chi connectivity index (χ1) is 15.1. The van der Waals surface area contributed by atoms with Gasteiger partial charge in [0.25, 0.3) is 0 Å². The maximum absolute atomic E-state index is 13.2. The van der Waals surface area contributed by atoms with Gasteiger partial charge in [0.1, 0.15) is 5.82 Å². The van der Waals surface area contributed by atoms with E-state index in [1.54, 1.807) is 16.8 Å². The van der Waals surface area contributed by atoms with Crippen molar-refractivity contribution in [2.45, 2.75) is 22.9 Å². The highest BCUT2D eigenvalue weighted by atomic mass is 32.2. The first-order valence-electron chi connectivity index (χ1n) is 9.40. The molecule has 1 amide bonds. The van der Waals surface area contributed by atoms with Gasteiger partial charge in [-0.15, -0.1) is 10.2 Å². The van der Waals surface area contributed by atoms with Crippen LogP contribution in [-0.2, 0) is 11.2 Å². The van der Waals surface area contributed by atoms with Crippen molar-refractivity contribution >= 4 is 40.5 Å². The third-order valence-corrected chi connectivity index (χ3v) is 5.66. The van der Waals surface area contributed by atoms with E-state index in [-0.39, 0.29) is 5.82 Å². The number of aromatic nitrogens is 5. The van der Waals surface area contributed by atoms with Gasteiger partial charge in [-0.3, -0.25) is 5.32 Å². The lowest BCUT2D eigenvalue weighted by Gasteiger charge is -2.14. The van der Waals surface area contributed by atoms with Gasteiger partial charge in [-0.05, 0) is 54.1 Å². The summed E-state index contributed by atoms with van der Waals surface area (Å²) in [4.78, 5) is 19.6. The Morgan fingerprint density at radius 2 is 2.03 bits per heavy atom. The molecule has 0 fully saturated rings. The molecule has 2 aromatic heterocycles. The predicted molar refractivity (Wildman–Crippen MR) is 113 cm³/mol. The van der Waals surface area contributed by atoms with Crippen LogP contribution in [0, 0.1) is 5.82 Å². The summed E-state index contributed by atoms with van der Waals surface area (Å²) < 4.78 is 19.6. The first kappa shape index (κ1) is 19.2. The fourth-order valence-electron chi connectivity index (χ4n) is 3.23. The molecule has 1 aliphatic heterocycles. The van der Waals surface area contributed by atoms with Crippen molar-refractivity contribution in [1.29, 1.82) is 0 Å². The Morgan fingerprint density at radius 1 is 1.19 bits per heavy atom. The minimum Gasteiger partial charge on any atom is -0.453 e. The number of hydrogen-bond acceptors (Lipinski definition) is 7. The second-order valence-corrected chi connectivity index (χ2v) is 7.79. The average molecular weight is 437 g/mol. The van der Waals surface area contributed by atoms with Gasteiger partial charge in [-0.2, -0.15) is 9.78 Å². The van der Waals surface area contributed by atoms with Crippen LogP contribution < -0.4 is 5.32 Å². The molecule has 31 heavy (non-hydrogen) atoms. The second kappa shape index (κ2) is 7.84. The highest BCUT2D eigenvalue weighted by molar-refractivity contribution is 7.99. The number of amides is 1. The van der Waals surface area contributed by atoms with Crippen LogP contribution >= 0.6 is 11.8 Å². The predicted octanol–water partition coefficient (Wildman–Crippen LogP) is 3.82. The summed E-state index contributed by atoms with van der Waals surface area (Å²) in [7, 11) is 1.29. The molecule has 0 radical (unpaired) electrons. The smallest absolute Gasteiger partial charge is 0.413 e. The summed E-state index contributed by atoms with van der Waals surface area (Å²) in [5.74, 6) is 0.804. The van der Waals surface area contributed by atoms with Crippen LogP contribution in [0.4, 0.5) is 15.1 Å². The number of benzene rings is 2. The van der Waals surface area contributed by atoms with Crippen molar-refractivity contribution in [3.05, 3.63) is 59.7 Å². The van der Waals surface area contributed by atoms with Crippen molar-refractivity contribution in [3.8, 4) is 0 Å². The highest BCUT2D eigenvalue weighted by Crippen LogP contribution is 2.31. The van der Waals surface area contributed by atoms with Crippen LogP contribution in [0.1, 0.15) is 17.8 Å². The van der Waals surface area contributed by atoms with E-state index in [1.807, 2.05) is 18.2 Å². The fraction of sp³-hybridized carbons (Fsp3) is 0.150. The summed E-state index contributed by atoms with van der Waals surface area (Å²) in [6.45, 7) is 0. The van der Waals surface area contributed by atoms with Crippen LogP contribution in [0.15, 0.2) is 57.6 Å². The Labute approximate surface area is 179 Å². The number of ether oxygens (including phenoxy) is 1. The maximum atomic E-state index is 13.2. The number of aromatic amines is 1. The Balaban J connectivity index is 1.41. The van der Waals surface area contributed by atoms with Gasteiger partial charge in [-0.25, -0.2) is 14.2 Å². The molecule has 11 heteroatoms. The van der Waals surface area contributed by atoms with Gasteiger partial charge in [0.2, 0.25) is 11.1 Å². The van der Waals surface area contributed by atoms with Crippen molar-refractivity contribution in [2.24, 2.45) is 5.10 Å². The summed E-state index contributed by atoms with van der Waals surface area (Å²) in [6, 6.07) is 12.0. The van der Waals surface area contributed by atoms with Gasteiger partial charge in [0, 0.05) is 11.3 Å². The average Bonchev–Trinajstić information content (AvgIpc) is 3.37. The van der Waals surface area contributed by atoms with Gasteiger partial charge in [0.15, 0.2) is 5.82 Å². The van der Waals surface area contributed by atoms with Crippen molar-refractivity contribution in [1.82, 2.24) is 24.8 Å². The Kier molecular flexibility index (Phi) is 4.86. The van der Waals surface area contributed by atoms with Crippen molar-refractivity contribution in [2.75, 3.05) is 12.4 Å². The molecule has 2 aromatic carbocycles. The topological polar surface area (TPSA) is 110 Å². The standard InChI is InChI=1S/C20H16FN7O2S/c1-30-20(29)24-18-22-15-7-6-13(10-16(15)23-18)31-19-26-25-17-9-8-14(27-28(17)19)11-2-4-12(21)5-3-11/h2-7,10H,8-9H2,1H3,(H2,22,23,24,29). The summed E-state index contributed by atoms with van der Waals surface area (Å²) in [5, 5.41) is 16.4. The molecule has 0 bridgehead atoms. The first-order valence-corrected chi connectivity index (χ1v) is 10.2. The molecule has 4 aromatic rings. The van der Waals surface area contributed by atoms with Gasteiger partial charge >= 0.3 is 6.09 Å². The third-order valence-electron chi connectivity index (χ3n) is 4.73. The monoisotopic (exact) mass is 437 g/mol. The molecule has 0 atom stereocenters. The number of carbonyl (C=O) groups is 1. The number of aryl methyl sites for hydroxylation is 1. The number of hydrogen-bond donors (Lipinski definition) is 2. The van der Waals surface area contributed by atoms with Crippen molar-refractivity contribution in [3.63, 3.8) is 0 Å². The molecule has 156 valence electrons. The summed E-state index contributed by atoms with van der Waals surface area (Å²) >= 11 is 1.41. The minimum absolute atomic E-state index is 0.277. The fourth-order valence-corrected chi connectivity index (χ4v) is 4.06. The van der Waals surface area contributed by atoms with Crippen LogP contribution in [0.3, 0.4) is 0 Å². The largest absolute Gasteiger partial charge is 0.453 e. The van der Waals surface area contributed by atoms with Gasteiger partial charge in [0.05, 0.1) is 23.9 Å². The number of methoxy groups -OCH3 is 1. The van der Waals surface area contributed by atoms with Gasteiger partial charge in [-0.1, -0.05) is 12.1 Å². The molecule has 0 aliphatic carbocycles. The van der Waals surface area contributed by atoms with E-state index in [1.165, 1.54) is 31.0 Å². The maximum Gasteiger partial charge on any atom is 0.413 e. The molecule has 0 unspecified atom stereocenters. The van der Waals surface area contributed by atoms with E-state index in [2.05, 4.69) is 30.2 Å². The summed E-state index contributed by atoms with van der Waals surface area (Å²) in [6.07, 6.45) is 0.815. The molecule has 0 saturated carbocycles. The lowest BCUT2D eigenvalue weighted by Crippen LogP contribution is -2.15. The van der Waals surface area contributed by atoms with E-state index in [0.29, 0.717) is 29.5 Å². The molecule has 0 saturated heterocycles. The normalized spacial score (nSPS) is 13.0. The molecule has 3 heterocycles. The van der Waals surface area contributed by atoms with Crippen LogP contribution in [0.2, 0.25) is 0 Å². The van der Waals surface area contributed by atoms with E-state index in [9.17, 15) is 9.18 Å². The zero-order valence-corrected chi connectivity index (χ0v) is 17.1. The summed E-state index contributed by atoms with van der Waals surface area (Å²) in [5.41, 5.74) is 3.19. The Hall–Kier alpha value is -3.73. The third kappa shape index (κ3) is 3.87. The van der Waals surface area contributed by atoms with Gasteiger partial charge < -0.3 is 9.72 Å². The number of carbonyl (C=O) groups excluding carboxylic acids is 1. The Bertz CT molecular complexity index is 1310. The lowest BCUT2D eigenvalue weighted by molar-refractivity contribution is 0.186. The van der Waals surface area contributed by atoms with E-state index in [4.69, 9.17) is 5.10 Å². The molecular formula is C20H16FN7O2S. The molecular weight excluding hydrogens is 421 g/mol. The number of rotatable bonds is 4. The minimum atomic E-state index is -0.599. The number of nitrogens with one attached hydrogen (secondary N) is 2. The van der Waals surface area contributed by atoms with Crippen molar-refractivity contribution < 1.29 is 13.9 Å². The zero-order chi connectivity index (χ0) is 21.4. The number of anilines is 1. The quantitative estimate of drug-likeness (QED) is 0.502. The van der Waals surface area contributed by atoms with Crippen LogP contribution in [-0.4, -0.2) is 43.8 Å².